The molecule has 1 rings (SSSR count). The molecule has 0 bridgehead atoms. The smallest absolute Gasteiger partial charge is 0.337 e. The number of nitrogens with one attached hydrogen (secondary N) is 1. The molecule has 5 nitrogen and oxygen atoms in total. The Bertz CT molecular complexity index is 518. The quantitative estimate of drug-likeness (QED) is 0.720. The minimum Gasteiger partial charge on any atom is -0.478 e. The molecular formula is C15H21FN2O3. The number of carboxylic acid groups (broad SMARTS) is 1. The maximum absolute atomic E-state index is 13.7. The van der Waals surface area contributed by atoms with Gasteiger partial charge in [0.15, 0.2) is 0 Å². The van der Waals surface area contributed by atoms with Crippen molar-refractivity contribution in [1.29, 1.82) is 0 Å². The molecule has 1 aromatic carbocycles. The van der Waals surface area contributed by atoms with Crippen LogP contribution >= 0.6 is 0 Å². The molecule has 4 N–H and O–H groups in total. The molecule has 1 aromatic rings. The Morgan fingerprint density at radius 3 is 2.57 bits per heavy atom. The van der Waals surface area contributed by atoms with Crippen molar-refractivity contribution in [3.8, 4) is 0 Å². The summed E-state index contributed by atoms with van der Waals surface area (Å²) >= 11 is 0. The maximum atomic E-state index is 13.7. The lowest BCUT2D eigenvalue weighted by atomic mass is 9.94. The Morgan fingerprint density at radius 2 is 2.05 bits per heavy atom. The molecule has 6 heteroatoms. The van der Waals surface area contributed by atoms with E-state index in [0.29, 0.717) is 12.5 Å². The minimum absolute atomic E-state index is 0.00921. The summed E-state index contributed by atoms with van der Waals surface area (Å²) in [6, 6.07) is 3.64. The highest BCUT2D eigenvalue weighted by atomic mass is 19.1. The molecule has 0 aliphatic rings. The van der Waals surface area contributed by atoms with Gasteiger partial charge < -0.3 is 16.2 Å². The van der Waals surface area contributed by atoms with Gasteiger partial charge in [0.05, 0.1) is 11.3 Å². The molecule has 0 saturated heterocycles. The van der Waals surface area contributed by atoms with E-state index in [9.17, 15) is 14.0 Å². The Hall–Kier alpha value is -1.95. The Labute approximate surface area is 123 Å². The predicted molar refractivity (Wildman–Crippen MR) is 78.6 cm³/mol. The number of hydrogen-bond acceptors (Lipinski definition) is 3. The van der Waals surface area contributed by atoms with Crippen LogP contribution in [0.15, 0.2) is 18.2 Å². The number of anilines is 1. The fraction of sp³-hybridized carbons (Fsp3) is 0.467. The molecule has 0 aliphatic heterocycles. The van der Waals surface area contributed by atoms with Gasteiger partial charge in [0.2, 0.25) is 5.91 Å². The van der Waals surface area contributed by atoms with E-state index in [1.165, 1.54) is 12.1 Å². The van der Waals surface area contributed by atoms with E-state index in [2.05, 4.69) is 5.32 Å². The molecule has 1 amide bonds. The number of para-hydroxylation sites is 1. The largest absolute Gasteiger partial charge is 0.478 e. The SMILES string of the molecule is CC(C)C[C@H](CN)CC(=O)Nc1c(F)cccc1C(=O)O. The van der Waals surface area contributed by atoms with Crippen LogP contribution in [0.5, 0.6) is 0 Å². The molecule has 0 heterocycles. The lowest BCUT2D eigenvalue weighted by Gasteiger charge is -2.17. The first-order valence-corrected chi connectivity index (χ1v) is 6.86. The second kappa shape index (κ2) is 7.73. The van der Waals surface area contributed by atoms with Crippen LogP contribution in [0.3, 0.4) is 0 Å². The average Bonchev–Trinajstić information content (AvgIpc) is 2.39. The summed E-state index contributed by atoms with van der Waals surface area (Å²) in [5.74, 6) is -2.10. The Balaban J connectivity index is 2.81. The summed E-state index contributed by atoms with van der Waals surface area (Å²) in [7, 11) is 0. The average molecular weight is 296 g/mol. The van der Waals surface area contributed by atoms with Crippen LogP contribution in [0.2, 0.25) is 0 Å². The van der Waals surface area contributed by atoms with Gasteiger partial charge >= 0.3 is 5.97 Å². The van der Waals surface area contributed by atoms with E-state index < -0.39 is 17.7 Å². The lowest BCUT2D eigenvalue weighted by molar-refractivity contribution is -0.117. The summed E-state index contributed by atoms with van der Waals surface area (Å²) in [5.41, 5.74) is 5.06. The third-order valence-electron chi connectivity index (χ3n) is 3.12. The van der Waals surface area contributed by atoms with E-state index in [1.54, 1.807) is 0 Å². The van der Waals surface area contributed by atoms with E-state index in [4.69, 9.17) is 10.8 Å². The van der Waals surface area contributed by atoms with Gasteiger partial charge in [-0.15, -0.1) is 0 Å². The third-order valence-corrected chi connectivity index (χ3v) is 3.12. The number of amides is 1. The molecule has 21 heavy (non-hydrogen) atoms. The molecule has 0 aliphatic carbocycles. The normalized spacial score (nSPS) is 12.2. The Kier molecular flexibility index (Phi) is 6.30. The molecular weight excluding hydrogens is 275 g/mol. The molecule has 0 fully saturated rings. The second-order valence-electron chi connectivity index (χ2n) is 5.45. The highest BCUT2D eigenvalue weighted by molar-refractivity contribution is 6.00. The fourth-order valence-electron chi connectivity index (χ4n) is 2.21. The number of carbonyl (C=O) groups is 2. The molecule has 0 saturated carbocycles. The Morgan fingerprint density at radius 1 is 1.38 bits per heavy atom. The van der Waals surface area contributed by atoms with Gasteiger partial charge in [0.25, 0.3) is 0 Å². The number of carbonyl (C=O) groups excluding carboxylic acids is 1. The minimum atomic E-state index is -1.29. The predicted octanol–water partition coefficient (Wildman–Crippen LogP) is 2.47. The standard InChI is InChI=1S/C15H21FN2O3/c1-9(2)6-10(8-17)7-13(19)18-14-11(15(20)21)4-3-5-12(14)16/h3-5,9-10H,6-8,17H2,1-2H3,(H,18,19)(H,20,21)/t10-/m0/s1. The van der Waals surface area contributed by atoms with Crippen LogP contribution in [0, 0.1) is 17.7 Å². The van der Waals surface area contributed by atoms with Crippen molar-refractivity contribution < 1.29 is 19.1 Å². The zero-order valence-electron chi connectivity index (χ0n) is 12.2. The van der Waals surface area contributed by atoms with Gasteiger partial charge in [-0.25, -0.2) is 9.18 Å². The molecule has 1 atom stereocenters. The van der Waals surface area contributed by atoms with Gasteiger partial charge in [-0.05, 0) is 36.9 Å². The van der Waals surface area contributed by atoms with E-state index in [0.717, 1.165) is 12.5 Å². The van der Waals surface area contributed by atoms with Crippen molar-refractivity contribution in [2.75, 3.05) is 11.9 Å². The zero-order valence-corrected chi connectivity index (χ0v) is 12.2. The number of nitrogens with two attached hydrogens (primary N) is 1. The van der Waals surface area contributed by atoms with Gasteiger partial charge in [0.1, 0.15) is 5.82 Å². The summed E-state index contributed by atoms with van der Waals surface area (Å²) in [5, 5.41) is 11.4. The summed E-state index contributed by atoms with van der Waals surface area (Å²) in [4.78, 5) is 23.0. The molecule has 0 unspecified atom stereocenters. The number of hydrogen-bond donors (Lipinski definition) is 3. The third kappa shape index (κ3) is 5.15. The highest BCUT2D eigenvalue weighted by Gasteiger charge is 2.19. The van der Waals surface area contributed by atoms with Crippen molar-refractivity contribution in [2.45, 2.75) is 26.7 Å². The van der Waals surface area contributed by atoms with Crippen molar-refractivity contribution in [3.05, 3.63) is 29.6 Å². The number of aromatic carboxylic acids is 1. The fourth-order valence-corrected chi connectivity index (χ4v) is 2.21. The van der Waals surface area contributed by atoms with Crippen molar-refractivity contribution in [2.24, 2.45) is 17.6 Å². The lowest BCUT2D eigenvalue weighted by Crippen LogP contribution is -2.24. The monoisotopic (exact) mass is 296 g/mol. The number of halogens is 1. The van der Waals surface area contributed by atoms with Crippen molar-refractivity contribution >= 4 is 17.6 Å². The second-order valence-corrected chi connectivity index (χ2v) is 5.45. The number of benzene rings is 1. The zero-order chi connectivity index (χ0) is 16.0. The van der Waals surface area contributed by atoms with Crippen molar-refractivity contribution in [1.82, 2.24) is 0 Å². The molecule has 116 valence electrons. The first-order chi connectivity index (χ1) is 9.85. The van der Waals surface area contributed by atoms with Crippen LogP contribution in [0.25, 0.3) is 0 Å². The maximum Gasteiger partial charge on any atom is 0.337 e. The van der Waals surface area contributed by atoms with Crippen LogP contribution in [0.1, 0.15) is 37.0 Å². The van der Waals surface area contributed by atoms with E-state index >= 15 is 0 Å². The van der Waals surface area contributed by atoms with E-state index in [1.807, 2.05) is 13.8 Å². The summed E-state index contributed by atoms with van der Waals surface area (Å²) in [6.45, 7) is 4.41. The highest BCUT2D eigenvalue weighted by Crippen LogP contribution is 2.21. The number of carboxylic acids is 1. The van der Waals surface area contributed by atoms with Gasteiger partial charge in [0, 0.05) is 6.42 Å². The molecule has 0 aromatic heterocycles. The summed E-state index contributed by atoms with van der Waals surface area (Å²) < 4.78 is 13.7. The molecule has 0 spiro atoms. The van der Waals surface area contributed by atoms with E-state index in [-0.39, 0.29) is 23.6 Å². The van der Waals surface area contributed by atoms with Gasteiger partial charge in [-0.2, -0.15) is 0 Å². The van der Waals surface area contributed by atoms with Gasteiger partial charge in [-0.3, -0.25) is 4.79 Å². The van der Waals surface area contributed by atoms with Gasteiger partial charge in [-0.1, -0.05) is 19.9 Å². The summed E-state index contributed by atoms with van der Waals surface area (Å²) in [6.07, 6.45) is 0.926. The first kappa shape index (κ1) is 17.1. The molecule has 0 radical (unpaired) electrons. The van der Waals surface area contributed by atoms with Crippen LogP contribution < -0.4 is 11.1 Å². The van der Waals surface area contributed by atoms with Crippen LogP contribution in [0.4, 0.5) is 10.1 Å². The van der Waals surface area contributed by atoms with Crippen LogP contribution in [-0.2, 0) is 4.79 Å². The number of rotatable bonds is 7. The van der Waals surface area contributed by atoms with Crippen molar-refractivity contribution in [3.63, 3.8) is 0 Å². The first-order valence-electron chi connectivity index (χ1n) is 6.86. The topological polar surface area (TPSA) is 92.4 Å². The van der Waals surface area contributed by atoms with Crippen LogP contribution in [-0.4, -0.2) is 23.5 Å².